The van der Waals surface area contributed by atoms with Crippen LogP contribution in [0.1, 0.15) is 23.0 Å². The van der Waals surface area contributed by atoms with E-state index >= 15 is 0 Å². The van der Waals surface area contributed by atoms with Crippen LogP contribution in [0.15, 0.2) is 65.1 Å². The summed E-state index contributed by atoms with van der Waals surface area (Å²) in [4.78, 5) is 22.7. The van der Waals surface area contributed by atoms with E-state index in [9.17, 15) is 14.9 Å². The number of hydrogen-bond donors (Lipinski definition) is 1. The molecular formula is C19H16N2O4. The Balaban J connectivity index is 1.77. The van der Waals surface area contributed by atoms with Gasteiger partial charge in [0, 0.05) is 23.4 Å². The van der Waals surface area contributed by atoms with Gasteiger partial charge in [-0.15, -0.1) is 0 Å². The summed E-state index contributed by atoms with van der Waals surface area (Å²) in [5, 5.41) is 13.6. The van der Waals surface area contributed by atoms with E-state index in [2.05, 4.69) is 12.2 Å². The minimum absolute atomic E-state index is 0.0316. The predicted molar refractivity (Wildman–Crippen MR) is 94.6 cm³/mol. The maximum absolute atomic E-state index is 12.3. The lowest BCUT2D eigenvalue weighted by atomic mass is 10.1. The number of nitro benzene ring substituents is 1. The van der Waals surface area contributed by atoms with E-state index in [1.165, 1.54) is 17.7 Å². The molecule has 6 heteroatoms. The third kappa shape index (κ3) is 3.74. The smallest absolute Gasteiger partial charge is 0.291 e. The second kappa shape index (κ2) is 7.00. The number of benzene rings is 2. The van der Waals surface area contributed by atoms with Crippen molar-refractivity contribution in [3.8, 4) is 11.3 Å². The number of non-ortho nitro benzene ring substituents is 1. The van der Waals surface area contributed by atoms with Crippen molar-refractivity contribution in [3.05, 3.63) is 82.1 Å². The highest BCUT2D eigenvalue weighted by Gasteiger charge is 2.14. The molecule has 0 bridgehead atoms. The van der Waals surface area contributed by atoms with Gasteiger partial charge in [-0.05, 0) is 36.2 Å². The molecule has 3 aromatic rings. The summed E-state index contributed by atoms with van der Waals surface area (Å²) in [7, 11) is 0. The number of nitrogens with zero attached hydrogens (tertiary/aromatic N) is 1. The lowest BCUT2D eigenvalue weighted by Gasteiger charge is -2.04. The van der Waals surface area contributed by atoms with Crippen molar-refractivity contribution in [1.29, 1.82) is 0 Å². The molecule has 0 aliphatic carbocycles. The normalized spacial score (nSPS) is 10.4. The number of rotatable bonds is 5. The third-order valence-corrected chi connectivity index (χ3v) is 3.79. The van der Waals surface area contributed by atoms with E-state index in [0.717, 1.165) is 6.42 Å². The average molecular weight is 336 g/mol. The number of carbonyl (C=O) groups excluding carboxylic acids is 1. The minimum Gasteiger partial charge on any atom is -0.451 e. The van der Waals surface area contributed by atoms with Crippen LogP contribution in [0.4, 0.5) is 11.4 Å². The van der Waals surface area contributed by atoms with Gasteiger partial charge in [0.1, 0.15) is 5.76 Å². The van der Waals surface area contributed by atoms with Crippen LogP contribution >= 0.6 is 0 Å². The first kappa shape index (κ1) is 16.4. The number of nitrogens with one attached hydrogen (secondary N) is 1. The Bertz CT molecular complexity index is 913. The summed E-state index contributed by atoms with van der Waals surface area (Å²) in [6, 6.07) is 16.8. The first-order valence-corrected chi connectivity index (χ1v) is 7.82. The van der Waals surface area contributed by atoms with Crippen LogP contribution in [0.2, 0.25) is 0 Å². The van der Waals surface area contributed by atoms with Crippen LogP contribution in [0.3, 0.4) is 0 Å². The van der Waals surface area contributed by atoms with Crippen LogP contribution in [-0.2, 0) is 6.42 Å². The van der Waals surface area contributed by atoms with Gasteiger partial charge >= 0.3 is 0 Å². The van der Waals surface area contributed by atoms with E-state index < -0.39 is 4.92 Å². The van der Waals surface area contributed by atoms with E-state index in [-0.39, 0.29) is 17.4 Å². The monoisotopic (exact) mass is 336 g/mol. The topological polar surface area (TPSA) is 85.4 Å². The fourth-order valence-corrected chi connectivity index (χ4v) is 2.40. The molecule has 2 aromatic carbocycles. The summed E-state index contributed by atoms with van der Waals surface area (Å²) in [6.45, 7) is 2.06. The molecule has 6 nitrogen and oxygen atoms in total. The summed E-state index contributed by atoms with van der Waals surface area (Å²) in [5.41, 5.74) is 2.37. The fraction of sp³-hybridized carbons (Fsp3) is 0.105. The second-order valence-electron chi connectivity index (χ2n) is 5.48. The molecule has 1 heterocycles. The Morgan fingerprint density at radius 3 is 2.56 bits per heavy atom. The second-order valence-corrected chi connectivity index (χ2v) is 5.48. The lowest BCUT2D eigenvalue weighted by Crippen LogP contribution is -2.10. The largest absolute Gasteiger partial charge is 0.451 e. The molecule has 0 aliphatic rings. The molecule has 0 saturated heterocycles. The molecule has 126 valence electrons. The van der Waals surface area contributed by atoms with Gasteiger partial charge in [0.25, 0.3) is 11.6 Å². The lowest BCUT2D eigenvalue weighted by molar-refractivity contribution is -0.384. The molecule has 3 rings (SSSR count). The number of aryl methyl sites for hydroxylation is 1. The molecule has 0 unspecified atom stereocenters. The number of anilines is 1. The SMILES string of the molecule is CCc1ccc(NC(=O)c2ccc(-c3cccc([N+](=O)[O-])c3)o2)cc1. The highest BCUT2D eigenvalue weighted by atomic mass is 16.6. The molecule has 0 spiro atoms. The zero-order valence-corrected chi connectivity index (χ0v) is 13.6. The molecule has 0 fully saturated rings. The van der Waals surface area contributed by atoms with Crippen molar-refractivity contribution in [1.82, 2.24) is 0 Å². The molecule has 0 atom stereocenters. The summed E-state index contributed by atoms with van der Waals surface area (Å²) in [5.74, 6) is 0.164. The highest BCUT2D eigenvalue weighted by Crippen LogP contribution is 2.26. The number of carbonyl (C=O) groups is 1. The zero-order valence-electron chi connectivity index (χ0n) is 13.6. The van der Waals surface area contributed by atoms with Crippen LogP contribution in [-0.4, -0.2) is 10.8 Å². The maximum atomic E-state index is 12.3. The number of amides is 1. The van der Waals surface area contributed by atoms with Gasteiger partial charge in [-0.2, -0.15) is 0 Å². The van der Waals surface area contributed by atoms with Gasteiger partial charge in [-0.3, -0.25) is 14.9 Å². The molecule has 1 N–H and O–H groups in total. The van der Waals surface area contributed by atoms with Gasteiger partial charge in [-0.1, -0.05) is 31.2 Å². The van der Waals surface area contributed by atoms with Crippen molar-refractivity contribution in [2.24, 2.45) is 0 Å². The van der Waals surface area contributed by atoms with Crippen molar-refractivity contribution in [2.75, 3.05) is 5.32 Å². The quantitative estimate of drug-likeness (QED) is 0.542. The Labute approximate surface area is 144 Å². The van der Waals surface area contributed by atoms with Gasteiger partial charge in [-0.25, -0.2) is 0 Å². The van der Waals surface area contributed by atoms with Gasteiger partial charge in [0.05, 0.1) is 4.92 Å². The Hall–Kier alpha value is -3.41. The molecule has 25 heavy (non-hydrogen) atoms. The molecule has 1 aromatic heterocycles. The number of hydrogen-bond acceptors (Lipinski definition) is 4. The van der Waals surface area contributed by atoms with Gasteiger partial charge in [0.2, 0.25) is 0 Å². The average Bonchev–Trinajstić information content (AvgIpc) is 3.13. The summed E-state index contributed by atoms with van der Waals surface area (Å²) >= 11 is 0. The molecule has 0 aliphatic heterocycles. The fourth-order valence-electron chi connectivity index (χ4n) is 2.40. The van der Waals surface area contributed by atoms with E-state index in [4.69, 9.17) is 4.42 Å². The molecule has 0 saturated carbocycles. The van der Waals surface area contributed by atoms with Crippen molar-refractivity contribution in [3.63, 3.8) is 0 Å². The van der Waals surface area contributed by atoms with E-state index in [1.807, 2.05) is 24.3 Å². The third-order valence-electron chi connectivity index (χ3n) is 3.79. The van der Waals surface area contributed by atoms with Crippen molar-refractivity contribution >= 4 is 17.3 Å². The Morgan fingerprint density at radius 1 is 1.12 bits per heavy atom. The number of nitro groups is 1. The Kier molecular flexibility index (Phi) is 4.61. The summed E-state index contributed by atoms with van der Waals surface area (Å²) < 4.78 is 5.55. The first-order chi connectivity index (χ1) is 12.1. The summed E-state index contributed by atoms with van der Waals surface area (Å²) in [6.07, 6.45) is 0.930. The van der Waals surface area contributed by atoms with E-state index in [1.54, 1.807) is 24.3 Å². The Morgan fingerprint density at radius 2 is 1.88 bits per heavy atom. The standard InChI is InChI=1S/C19H16N2O4/c1-2-13-6-8-15(9-7-13)20-19(22)18-11-10-17(25-18)14-4-3-5-16(12-14)21(23)24/h3-12H,2H2,1H3,(H,20,22). The zero-order chi connectivity index (χ0) is 17.8. The number of furan rings is 1. The minimum atomic E-state index is -0.472. The van der Waals surface area contributed by atoms with Crippen molar-refractivity contribution in [2.45, 2.75) is 13.3 Å². The van der Waals surface area contributed by atoms with Gasteiger partial charge in [0.15, 0.2) is 5.76 Å². The van der Waals surface area contributed by atoms with Gasteiger partial charge < -0.3 is 9.73 Å². The predicted octanol–water partition coefficient (Wildman–Crippen LogP) is 4.67. The van der Waals surface area contributed by atoms with Crippen LogP contribution in [0.25, 0.3) is 11.3 Å². The van der Waals surface area contributed by atoms with Crippen LogP contribution < -0.4 is 5.32 Å². The molecule has 0 radical (unpaired) electrons. The maximum Gasteiger partial charge on any atom is 0.291 e. The molecular weight excluding hydrogens is 320 g/mol. The first-order valence-electron chi connectivity index (χ1n) is 7.82. The molecule has 1 amide bonds. The van der Waals surface area contributed by atoms with Crippen LogP contribution in [0.5, 0.6) is 0 Å². The van der Waals surface area contributed by atoms with Crippen molar-refractivity contribution < 1.29 is 14.1 Å². The van der Waals surface area contributed by atoms with Crippen LogP contribution in [0, 0.1) is 10.1 Å². The highest BCUT2D eigenvalue weighted by molar-refractivity contribution is 6.02. The van der Waals surface area contributed by atoms with E-state index in [0.29, 0.717) is 17.0 Å².